The van der Waals surface area contributed by atoms with Gasteiger partial charge in [-0.05, 0) is 55.5 Å². The van der Waals surface area contributed by atoms with E-state index in [4.69, 9.17) is 21.6 Å². The van der Waals surface area contributed by atoms with Crippen molar-refractivity contribution in [3.8, 4) is 0 Å². The summed E-state index contributed by atoms with van der Waals surface area (Å²) in [6, 6.07) is 17.1. The van der Waals surface area contributed by atoms with Crippen LogP contribution in [0.5, 0.6) is 0 Å². The van der Waals surface area contributed by atoms with Gasteiger partial charge in [-0.15, -0.1) is 0 Å². The second kappa shape index (κ2) is 13.1. The van der Waals surface area contributed by atoms with Crippen LogP contribution in [0.3, 0.4) is 0 Å². The number of amides is 1. The molecule has 1 aromatic heterocycles. The number of amidine groups is 1. The van der Waals surface area contributed by atoms with E-state index in [-0.39, 0.29) is 43.8 Å². The van der Waals surface area contributed by atoms with Crippen LogP contribution in [0, 0.1) is 5.41 Å². The molecule has 38 heavy (non-hydrogen) atoms. The Labute approximate surface area is 221 Å². The molecule has 0 saturated carbocycles. The third kappa shape index (κ3) is 7.20. The number of nitrogens with one attached hydrogen (secondary N) is 2. The zero-order valence-corrected chi connectivity index (χ0v) is 21.4. The molecule has 0 aliphatic rings. The van der Waals surface area contributed by atoms with Crippen molar-refractivity contribution in [1.29, 1.82) is 5.41 Å². The maximum Gasteiger partial charge on any atom is 0.307 e. The lowest BCUT2D eigenvalue weighted by Gasteiger charge is -2.30. The molecule has 0 fully saturated rings. The number of carbonyl (C=O) groups excluding carboxylic acids is 2. The highest BCUT2D eigenvalue weighted by Crippen LogP contribution is 2.30. The number of nitrogens with zero attached hydrogens (tertiary/aromatic N) is 3. The van der Waals surface area contributed by atoms with Crippen LogP contribution in [0.2, 0.25) is 0 Å². The van der Waals surface area contributed by atoms with Gasteiger partial charge in [-0.25, -0.2) is 4.98 Å². The first-order chi connectivity index (χ1) is 18.2. The number of esters is 1. The number of pyridine rings is 1. The summed E-state index contributed by atoms with van der Waals surface area (Å²) in [6.45, 7) is 2.20. The van der Waals surface area contributed by atoms with E-state index in [1.54, 1.807) is 85.7 Å². The minimum atomic E-state index is -1.14. The summed E-state index contributed by atoms with van der Waals surface area (Å²) >= 11 is 0. The lowest BCUT2D eigenvalue weighted by atomic mass is 10.1. The van der Waals surface area contributed by atoms with Gasteiger partial charge in [-0.2, -0.15) is 0 Å². The standard InChI is InChI=1S/C27H33N7O4/c1-3-38-25(36)13-15-34(23-6-4-5-14-31-23)27(37)19-9-12-22(21(28)16-19)33(2)24(35)17-32-20-10-7-18(8-11-20)26(29)30/h4-12,14,16,27,32,37H,3,13,15,17,28H2,1-2H3,(H3,29,30). The fourth-order valence-corrected chi connectivity index (χ4v) is 3.75. The SMILES string of the molecule is CCOC(=O)CCN(c1ccccn1)C(O)c1ccc(N(C)C(=O)CNc2ccc(C(=N)N)cc2)c(N)c1. The molecular formula is C27H33N7O4. The Morgan fingerprint density at radius 1 is 1.16 bits per heavy atom. The number of benzene rings is 2. The van der Waals surface area contributed by atoms with Gasteiger partial charge in [0.05, 0.1) is 30.9 Å². The van der Waals surface area contributed by atoms with Crippen molar-refractivity contribution >= 4 is 40.6 Å². The molecule has 0 aliphatic heterocycles. The van der Waals surface area contributed by atoms with Gasteiger partial charge >= 0.3 is 5.97 Å². The minimum absolute atomic E-state index is 0.0149. The lowest BCUT2D eigenvalue weighted by Crippen LogP contribution is -2.33. The molecule has 1 atom stereocenters. The van der Waals surface area contributed by atoms with E-state index in [1.165, 1.54) is 4.90 Å². The van der Waals surface area contributed by atoms with Crippen molar-refractivity contribution in [2.24, 2.45) is 5.73 Å². The number of aliphatic hydroxyl groups excluding tert-OH is 1. The summed E-state index contributed by atoms with van der Waals surface area (Å²) in [7, 11) is 1.62. The van der Waals surface area contributed by atoms with Crippen molar-refractivity contribution in [3.05, 3.63) is 78.0 Å². The maximum absolute atomic E-state index is 12.8. The monoisotopic (exact) mass is 519 g/mol. The number of rotatable bonds is 12. The van der Waals surface area contributed by atoms with Crippen LogP contribution in [0.1, 0.15) is 30.7 Å². The first kappa shape index (κ1) is 27.9. The topological polar surface area (TPSA) is 171 Å². The van der Waals surface area contributed by atoms with E-state index < -0.39 is 6.23 Å². The van der Waals surface area contributed by atoms with Gasteiger partial charge in [-0.3, -0.25) is 15.0 Å². The smallest absolute Gasteiger partial charge is 0.307 e. The average molecular weight is 520 g/mol. The summed E-state index contributed by atoms with van der Waals surface area (Å²) in [4.78, 5) is 32.1. The molecule has 1 heterocycles. The molecule has 1 amide bonds. The highest BCUT2D eigenvalue weighted by atomic mass is 16.5. The van der Waals surface area contributed by atoms with E-state index in [9.17, 15) is 14.7 Å². The summed E-state index contributed by atoms with van der Waals surface area (Å²) in [5, 5.41) is 21.7. The zero-order chi connectivity index (χ0) is 27.7. The van der Waals surface area contributed by atoms with Gasteiger partial charge < -0.3 is 36.4 Å². The second-order valence-electron chi connectivity index (χ2n) is 8.43. The quantitative estimate of drug-likeness (QED) is 0.0792. The maximum atomic E-state index is 12.8. The van der Waals surface area contributed by atoms with Gasteiger partial charge in [0.2, 0.25) is 5.91 Å². The Morgan fingerprint density at radius 2 is 1.89 bits per heavy atom. The summed E-state index contributed by atoms with van der Waals surface area (Å²) in [5.74, 6) is -0.149. The van der Waals surface area contributed by atoms with Crippen LogP contribution in [0.25, 0.3) is 0 Å². The highest BCUT2D eigenvalue weighted by molar-refractivity contribution is 5.98. The molecule has 2 aromatic carbocycles. The summed E-state index contributed by atoms with van der Waals surface area (Å²) < 4.78 is 5.02. The van der Waals surface area contributed by atoms with E-state index in [1.807, 2.05) is 0 Å². The molecule has 0 radical (unpaired) electrons. The predicted molar refractivity (Wildman–Crippen MR) is 148 cm³/mol. The van der Waals surface area contributed by atoms with Crippen LogP contribution in [0.15, 0.2) is 66.9 Å². The van der Waals surface area contributed by atoms with Gasteiger partial charge in [0.25, 0.3) is 0 Å². The van der Waals surface area contributed by atoms with Crippen molar-refractivity contribution in [3.63, 3.8) is 0 Å². The van der Waals surface area contributed by atoms with Gasteiger partial charge in [0.1, 0.15) is 11.7 Å². The van der Waals surface area contributed by atoms with Crippen LogP contribution in [-0.4, -0.2) is 54.5 Å². The van der Waals surface area contributed by atoms with E-state index in [0.717, 1.165) is 0 Å². The van der Waals surface area contributed by atoms with Crippen molar-refractivity contribution in [2.45, 2.75) is 19.6 Å². The van der Waals surface area contributed by atoms with Crippen LogP contribution < -0.4 is 26.6 Å². The predicted octanol–water partition coefficient (Wildman–Crippen LogP) is 2.47. The Balaban J connectivity index is 1.70. The number of carbonyl (C=O) groups is 2. The number of ether oxygens (including phenoxy) is 1. The van der Waals surface area contributed by atoms with Gasteiger partial charge in [-0.1, -0.05) is 12.1 Å². The van der Waals surface area contributed by atoms with Crippen molar-refractivity contribution < 1.29 is 19.4 Å². The summed E-state index contributed by atoms with van der Waals surface area (Å²) in [6.07, 6.45) is 0.524. The van der Waals surface area contributed by atoms with Gasteiger partial charge in [0, 0.05) is 36.6 Å². The van der Waals surface area contributed by atoms with Crippen LogP contribution in [0.4, 0.5) is 22.9 Å². The Kier molecular flexibility index (Phi) is 9.60. The zero-order valence-electron chi connectivity index (χ0n) is 21.4. The highest BCUT2D eigenvalue weighted by Gasteiger charge is 2.22. The van der Waals surface area contributed by atoms with Crippen LogP contribution in [-0.2, 0) is 14.3 Å². The number of aromatic nitrogens is 1. The van der Waals surface area contributed by atoms with Gasteiger partial charge in [0.15, 0.2) is 6.23 Å². The molecule has 200 valence electrons. The molecule has 3 rings (SSSR count). The molecular weight excluding hydrogens is 486 g/mol. The number of nitrogens with two attached hydrogens (primary N) is 2. The molecule has 3 aromatic rings. The molecule has 7 N–H and O–H groups in total. The third-order valence-corrected chi connectivity index (χ3v) is 5.83. The molecule has 0 bridgehead atoms. The fraction of sp³-hybridized carbons (Fsp3) is 0.259. The molecule has 11 nitrogen and oxygen atoms in total. The van der Waals surface area contributed by atoms with Crippen LogP contribution >= 0.6 is 0 Å². The fourth-order valence-electron chi connectivity index (χ4n) is 3.75. The number of aliphatic hydroxyl groups is 1. The second-order valence-corrected chi connectivity index (χ2v) is 8.43. The number of nitrogen functional groups attached to an aromatic ring is 2. The van der Waals surface area contributed by atoms with E-state index in [0.29, 0.717) is 34.0 Å². The number of anilines is 4. The average Bonchev–Trinajstić information content (AvgIpc) is 2.92. The Bertz CT molecular complexity index is 1250. The minimum Gasteiger partial charge on any atom is -0.466 e. The first-order valence-corrected chi connectivity index (χ1v) is 12.1. The largest absolute Gasteiger partial charge is 0.466 e. The van der Waals surface area contributed by atoms with E-state index in [2.05, 4.69) is 10.3 Å². The number of hydrogen-bond donors (Lipinski definition) is 5. The lowest BCUT2D eigenvalue weighted by molar-refractivity contribution is -0.142. The molecule has 0 aliphatic carbocycles. The van der Waals surface area contributed by atoms with Crippen molar-refractivity contribution in [1.82, 2.24) is 4.98 Å². The molecule has 1 unspecified atom stereocenters. The Morgan fingerprint density at radius 3 is 2.50 bits per heavy atom. The molecule has 0 saturated heterocycles. The molecule has 11 heteroatoms. The van der Waals surface area contributed by atoms with E-state index >= 15 is 0 Å². The third-order valence-electron chi connectivity index (χ3n) is 5.83. The normalized spacial score (nSPS) is 11.3. The number of hydrogen-bond acceptors (Lipinski definition) is 9. The molecule has 0 spiro atoms. The first-order valence-electron chi connectivity index (χ1n) is 12.1. The summed E-state index contributed by atoms with van der Waals surface area (Å²) in [5.41, 5.74) is 14.3. The van der Waals surface area contributed by atoms with Crippen molar-refractivity contribution in [2.75, 3.05) is 47.6 Å². The number of likely N-dealkylation sites (N-methyl/N-ethyl adjacent to an activating group) is 1. The Hall–Kier alpha value is -4.64.